The van der Waals surface area contributed by atoms with Gasteiger partial charge in [0.25, 0.3) is 0 Å². The van der Waals surface area contributed by atoms with E-state index in [1.165, 1.54) is 38.5 Å². The van der Waals surface area contributed by atoms with Crippen molar-refractivity contribution in [1.29, 1.82) is 0 Å². The predicted octanol–water partition coefficient (Wildman–Crippen LogP) is 4.38. The zero-order valence-electron chi connectivity index (χ0n) is 15.9. The number of para-hydroxylation sites is 1. The van der Waals surface area contributed by atoms with Gasteiger partial charge in [-0.05, 0) is 62.8 Å². The quantitative estimate of drug-likeness (QED) is 0.705. The molecule has 0 bridgehead atoms. The van der Waals surface area contributed by atoms with Crippen LogP contribution in [0.1, 0.15) is 23.6 Å². The standard InChI is InChI=1S/C22H27N3/c1-15(23(3)4)13-25-11-10-18-16(2)22-20(12-17(18)14-25)19-8-6-7-9-21(19)24(22)5/h6-12,15H,13-14H2,1-5H3/t15-/m1/s1. The molecule has 0 saturated heterocycles. The van der Waals surface area contributed by atoms with E-state index in [2.05, 4.69) is 92.0 Å². The lowest BCUT2D eigenvalue weighted by molar-refractivity contribution is 0.232. The summed E-state index contributed by atoms with van der Waals surface area (Å²) >= 11 is 0. The van der Waals surface area contributed by atoms with Crippen LogP contribution in [-0.2, 0) is 13.6 Å². The lowest BCUT2D eigenvalue weighted by atomic mass is 9.95. The Hall–Kier alpha value is -2.26. The molecule has 1 aliphatic heterocycles. The topological polar surface area (TPSA) is 11.4 Å². The summed E-state index contributed by atoms with van der Waals surface area (Å²) in [5.41, 5.74) is 6.90. The smallest absolute Gasteiger partial charge is 0.0524 e. The fraction of sp³-hybridized carbons (Fsp3) is 0.364. The van der Waals surface area contributed by atoms with E-state index in [1.807, 2.05) is 0 Å². The van der Waals surface area contributed by atoms with Crippen molar-refractivity contribution < 1.29 is 0 Å². The Bertz CT molecular complexity index is 978. The Morgan fingerprint density at radius 1 is 1.16 bits per heavy atom. The van der Waals surface area contributed by atoms with Crippen molar-refractivity contribution in [3.8, 4) is 0 Å². The Kier molecular flexibility index (Phi) is 3.84. The normalized spacial score (nSPS) is 15.4. The third-order valence-corrected chi connectivity index (χ3v) is 5.78. The zero-order valence-corrected chi connectivity index (χ0v) is 15.9. The number of hydrogen-bond donors (Lipinski definition) is 0. The average molecular weight is 333 g/mol. The monoisotopic (exact) mass is 333 g/mol. The minimum absolute atomic E-state index is 0.536. The fourth-order valence-corrected chi connectivity index (χ4v) is 4.09. The molecule has 0 saturated carbocycles. The van der Waals surface area contributed by atoms with Crippen LogP contribution in [0.15, 0.2) is 36.5 Å². The molecule has 0 spiro atoms. The molecule has 2 heterocycles. The average Bonchev–Trinajstić information content (AvgIpc) is 2.88. The van der Waals surface area contributed by atoms with Crippen LogP contribution >= 0.6 is 0 Å². The van der Waals surface area contributed by atoms with Crippen molar-refractivity contribution in [2.75, 3.05) is 20.6 Å². The van der Waals surface area contributed by atoms with Gasteiger partial charge in [0.1, 0.15) is 0 Å². The van der Waals surface area contributed by atoms with E-state index in [4.69, 9.17) is 0 Å². The molecule has 0 aliphatic carbocycles. The van der Waals surface area contributed by atoms with E-state index in [0.717, 1.165) is 13.1 Å². The van der Waals surface area contributed by atoms with Crippen LogP contribution in [-0.4, -0.2) is 41.0 Å². The molecule has 3 aromatic rings. The molecule has 130 valence electrons. The molecule has 0 N–H and O–H groups in total. The van der Waals surface area contributed by atoms with Crippen LogP contribution in [0.2, 0.25) is 0 Å². The first-order chi connectivity index (χ1) is 12.0. The largest absolute Gasteiger partial charge is 0.371 e. The molecule has 0 amide bonds. The summed E-state index contributed by atoms with van der Waals surface area (Å²) in [5, 5.41) is 2.74. The first-order valence-corrected chi connectivity index (χ1v) is 9.05. The Balaban J connectivity index is 1.83. The molecule has 2 aromatic carbocycles. The predicted molar refractivity (Wildman–Crippen MR) is 108 cm³/mol. The van der Waals surface area contributed by atoms with Crippen LogP contribution in [0.4, 0.5) is 0 Å². The van der Waals surface area contributed by atoms with Gasteiger partial charge in [-0.25, -0.2) is 0 Å². The van der Waals surface area contributed by atoms with Gasteiger partial charge in [-0.2, -0.15) is 0 Å². The van der Waals surface area contributed by atoms with E-state index in [1.54, 1.807) is 0 Å². The Morgan fingerprint density at radius 3 is 2.68 bits per heavy atom. The van der Waals surface area contributed by atoms with E-state index in [0.29, 0.717) is 6.04 Å². The molecule has 1 aliphatic rings. The molecule has 0 radical (unpaired) electrons. The number of fused-ring (bicyclic) bond motifs is 4. The summed E-state index contributed by atoms with van der Waals surface area (Å²) < 4.78 is 2.34. The van der Waals surface area contributed by atoms with E-state index in [-0.39, 0.29) is 0 Å². The molecule has 25 heavy (non-hydrogen) atoms. The lowest BCUT2D eigenvalue weighted by Gasteiger charge is -2.31. The van der Waals surface area contributed by atoms with Crippen molar-refractivity contribution in [3.63, 3.8) is 0 Å². The summed E-state index contributed by atoms with van der Waals surface area (Å²) in [6.45, 7) is 6.59. The highest BCUT2D eigenvalue weighted by atomic mass is 15.2. The van der Waals surface area contributed by atoms with Gasteiger partial charge in [0.15, 0.2) is 0 Å². The summed E-state index contributed by atoms with van der Waals surface area (Å²) in [7, 11) is 6.48. The molecule has 0 unspecified atom stereocenters. The minimum atomic E-state index is 0.536. The summed E-state index contributed by atoms with van der Waals surface area (Å²) in [5.74, 6) is 0. The zero-order chi connectivity index (χ0) is 17.7. The number of benzene rings is 2. The second kappa shape index (κ2) is 5.92. The van der Waals surface area contributed by atoms with E-state index in [9.17, 15) is 0 Å². The number of aromatic nitrogens is 1. The summed E-state index contributed by atoms with van der Waals surface area (Å²) in [6, 6.07) is 11.7. The van der Waals surface area contributed by atoms with Gasteiger partial charge < -0.3 is 14.4 Å². The van der Waals surface area contributed by atoms with Crippen LogP contribution in [0.5, 0.6) is 0 Å². The number of nitrogens with zero attached hydrogens (tertiary/aromatic N) is 3. The van der Waals surface area contributed by atoms with Gasteiger partial charge in [-0.3, -0.25) is 0 Å². The fourth-order valence-electron chi connectivity index (χ4n) is 4.09. The van der Waals surface area contributed by atoms with Crippen molar-refractivity contribution in [3.05, 3.63) is 53.2 Å². The molecule has 3 heteroatoms. The van der Waals surface area contributed by atoms with Crippen LogP contribution in [0.3, 0.4) is 0 Å². The van der Waals surface area contributed by atoms with Gasteiger partial charge >= 0.3 is 0 Å². The number of hydrogen-bond acceptors (Lipinski definition) is 2. The van der Waals surface area contributed by atoms with E-state index >= 15 is 0 Å². The highest BCUT2D eigenvalue weighted by molar-refractivity contribution is 6.10. The van der Waals surface area contributed by atoms with E-state index < -0.39 is 0 Å². The molecule has 4 rings (SSSR count). The highest BCUT2D eigenvalue weighted by Crippen LogP contribution is 2.35. The number of likely N-dealkylation sites (N-methyl/N-ethyl adjacent to an activating group) is 1. The van der Waals surface area contributed by atoms with Crippen LogP contribution in [0, 0.1) is 6.92 Å². The van der Waals surface area contributed by atoms with Gasteiger partial charge in [0.2, 0.25) is 0 Å². The second-order valence-electron chi connectivity index (χ2n) is 7.60. The van der Waals surface area contributed by atoms with Crippen molar-refractivity contribution >= 4 is 27.9 Å². The molecule has 1 atom stereocenters. The van der Waals surface area contributed by atoms with Gasteiger partial charge in [-0.1, -0.05) is 18.2 Å². The van der Waals surface area contributed by atoms with Crippen molar-refractivity contribution in [2.24, 2.45) is 7.05 Å². The molecule has 0 fully saturated rings. The molecular weight excluding hydrogens is 306 g/mol. The molecular formula is C22H27N3. The maximum Gasteiger partial charge on any atom is 0.0524 e. The molecule has 3 nitrogen and oxygen atoms in total. The second-order valence-corrected chi connectivity index (χ2v) is 7.60. The van der Waals surface area contributed by atoms with Crippen LogP contribution < -0.4 is 0 Å². The Labute approximate surface area is 150 Å². The van der Waals surface area contributed by atoms with Crippen LogP contribution in [0.25, 0.3) is 27.9 Å². The Morgan fingerprint density at radius 2 is 1.92 bits per heavy atom. The third-order valence-electron chi connectivity index (χ3n) is 5.78. The third kappa shape index (κ3) is 2.54. The van der Waals surface area contributed by atoms with Gasteiger partial charge in [0, 0.05) is 48.7 Å². The minimum Gasteiger partial charge on any atom is -0.371 e. The maximum absolute atomic E-state index is 2.43. The first kappa shape index (κ1) is 16.2. The van der Waals surface area contributed by atoms with Crippen molar-refractivity contribution in [1.82, 2.24) is 14.4 Å². The van der Waals surface area contributed by atoms with Gasteiger partial charge in [0.05, 0.1) is 5.52 Å². The van der Waals surface area contributed by atoms with Crippen molar-refractivity contribution in [2.45, 2.75) is 26.4 Å². The van der Waals surface area contributed by atoms with Gasteiger partial charge in [-0.15, -0.1) is 0 Å². The first-order valence-electron chi connectivity index (χ1n) is 9.05. The summed E-state index contributed by atoms with van der Waals surface area (Å²) in [6.07, 6.45) is 4.57. The lowest BCUT2D eigenvalue weighted by Crippen LogP contribution is -2.36. The highest BCUT2D eigenvalue weighted by Gasteiger charge is 2.19. The SMILES string of the molecule is Cc1c2c(cc3c4ccccc4n(C)c13)CN(C[C@@H](C)N(C)C)C=C2. The number of aryl methyl sites for hydroxylation is 2. The summed E-state index contributed by atoms with van der Waals surface area (Å²) in [4.78, 5) is 4.71. The molecule has 1 aromatic heterocycles. The maximum atomic E-state index is 2.43. The number of rotatable bonds is 3.